The quantitative estimate of drug-likeness (QED) is 0.137. The zero-order valence-corrected chi connectivity index (χ0v) is 20.3. The average Bonchev–Trinajstić information content (AvgIpc) is 2.79. The van der Waals surface area contributed by atoms with Crippen molar-refractivity contribution < 1.29 is 56.9 Å². The predicted molar refractivity (Wildman–Crippen MR) is 121 cm³/mol. The van der Waals surface area contributed by atoms with Crippen LogP contribution in [0.25, 0.3) is 0 Å². The first-order valence-corrected chi connectivity index (χ1v) is 12.8. The Balaban J connectivity index is 0.000000830. The molecule has 3 aliphatic rings. The van der Waals surface area contributed by atoms with E-state index in [2.05, 4.69) is 0 Å². The minimum Gasteiger partial charge on any atom is -0.394 e. The molecule has 13 unspecified atom stereocenters. The lowest BCUT2D eigenvalue weighted by molar-refractivity contribution is -0.313. The molecule has 17 nitrogen and oxygen atoms in total. The summed E-state index contributed by atoms with van der Waals surface area (Å²) in [4.78, 5) is 0. The van der Waals surface area contributed by atoms with Gasteiger partial charge in [-0.3, -0.25) is 9.11 Å². The predicted octanol–water partition coefficient (Wildman–Crippen LogP) is -5.92. The maximum absolute atomic E-state index is 11.0. The summed E-state index contributed by atoms with van der Waals surface area (Å²) in [7, 11) is -4.67. The molecule has 13 atom stereocenters. The van der Waals surface area contributed by atoms with Gasteiger partial charge in [-0.1, -0.05) is 0 Å². The first-order chi connectivity index (χ1) is 16.7. The topological polar surface area (TPSA) is 323 Å². The summed E-state index contributed by atoms with van der Waals surface area (Å²) >= 11 is 0. The number of nitrogens with two attached hydrogens (primary N) is 5. The standard InChI is InChI=1S/C18H37N5O8.H2O4S/c19-4-6-1-2-7(20)17(28-6)30-15-8(21)3-9(22)16(14(15)27)31-18-13(26)11(23)12(25)10(5-24)29-18;1-5(2,3)4/h6-18,24-27H,1-5,19-23H2;(H2,1,2,3,4). The van der Waals surface area contributed by atoms with Crippen LogP contribution in [0.4, 0.5) is 0 Å². The van der Waals surface area contributed by atoms with Crippen LogP contribution < -0.4 is 28.7 Å². The van der Waals surface area contributed by atoms with Crippen molar-refractivity contribution in [3.05, 3.63) is 0 Å². The third-order valence-corrected chi connectivity index (χ3v) is 6.34. The molecular weight excluding hydrogens is 510 g/mol. The summed E-state index contributed by atoms with van der Waals surface area (Å²) < 4.78 is 54.5. The van der Waals surface area contributed by atoms with Crippen LogP contribution in [0.1, 0.15) is 19.3 Å². The summed E-state index contributed by atoms with van der Waals surface area (Å²) in [6.07, 6.45) is -7.72. The highest BCUT2D eigenvalue weighted by atomic mass is 32.3. The first kappa shape index (κ1) is 31.6. The molecule has 0 amide bonds. The van der Waals surface area contributed by atoms with E-state index in [0.29, 0.717) is 19.4 Å². The molecule has 0 spiro atoms. The SMILES string of the molecule is NCC1CCC(N)C(OC2C(N)CC(N)C(OC3OC(CO)C(O)C(N)C3O)C2O)O1.O=S(=O)(O)O. The van der Waals surface area contributed by atoms with Crippen LogP contribution in [-0.4, -0.2) is 131 Å². The Kier molecular flexibility index (Phi) is 11.8. The molecule has 1 aliphatic carbocycles. The van der Waals surface area contributed by atoms with Crippen molar-refractivity contribution in [3.8, 4) is 0 Å². The minimum absolute atomic E-state index is 0.204. The van der Waals surface area contributed by atoms with Gasteiger partial charge < -0.3 is 68.0 Å². The number of ether oxygens (including phenoxy) is 4. The molecule has 2 aliphatic heterocycles. The third-order valence-electron chi connectivity index (χ3n) is 6.34. The Morgan fingerprint density at radius 2 is 1.33 bits per heavy atom. The molecule has 3 fully saturated rings. The average molecular weight is 550 g/mol. The van der Waals surface area contributed by atoms with Crippen molar-refractivity contribution in [1.82, 2.24) is 0 Å². The van der Waals surface area contributed by atoms with Gasteiger partial charge in [0.2, 0.25) is 0 Å². The molecule has 0 radical (unpaired) electrons. The van der Waals surface area contributed by atoms with Crippen LogP contribution in [0.5, 0.6) is 0 Å². The van der Waals surface area contributed by atoms with Gasteiger partial charge in [0.15, 0.2) is 12.6 Å². The van der Waals surface area contributed by atoms with Gasteiger partial charge in [0.1, 0.15) is 36.6 Å². The summed E-state index contributed by atoms with van der Waals surface area (Å²) in [5, 5.41) is 40.7. The van der Waals surface area contributed by atoms with E-state index in [1.165, 1.54) is 0 Å². The molecule has 2 saturated heterocycles. The Labute approximate surface area is 208 Å². The molecule has 2 heterocycles. The van der Waals surface area contributed by atoms with E-state index in [1.54, 1.807) is 0 Å². The highest BCUT2D eigenvalue weighted by molar-refractivity contribution is 7.79. The lowest BCUT2D eigenvalue weighted by atomic mass is 9.84. The van der Waals surface area contributed by atoms with Crippen LogP contribution in [0.15, 0.2) is 0 Å². The number of hydrogen-bond acceptors (Lipinski definition) is 15. The van der Waals surface area contributed by atoms with Gasteiger partial charge in [0, 0.05) is 18.6 Å². The molecule has 0 aromatic heterocycles. The van der Waals surface area contributed by atoms with Crippen molar-refractivity contribution >= 4 is 10.4 Å². The molecule has 0 aromatic rings. The first-order valence-electron chi connectivity index (χ1n) is 11.4. The van der Waals surface area contributed by atoms with E-state index in [9.17, 15) is 20.4 Å². The van der Waals surface area contributed by atoms with Crippen LogP contribution in [0, 0.1) is 0 Å². The Bertz CT molecular complexity index is 774. The largest absolute Gasteiger partial charge is 0.394 e. The summed E-state index contributed by atoms with van der Waals surface area (Å²) in [6, 6.07) is -2.85. The van der Waals surface area contributed by atoms with Crippen molar-refractivity contribution in [3.63, 3.8) is 0 Å². The molecule has 18 heteroatoms. The van der Waals surface area contributed by atoms with E-state index in [0.717, 1.165) is 0 Å². The molecule has 214 valence electrons. The van der Waals surface area contributed by atoms with E-state index in [-0.39, 0.29) is 12.5 Å². The molecule has 0 aromatic carbocycles. The van der Waals surface area contributed by atoms with E-state index >= 15 is 0 Å². The molecule has 36 heavy (non-hydrogen) atoms. The van der Waals surface area contributed by atoms with Crippen molar-refractivity contribution in [2.45, 2.75) is 98.7 Å². The van der Waals surface area contributed by atoms with Crippen molar-refractivity contribution in [2.75, 3.05) is 13.2 Å². The number of aliphatic hydroxyl groups is 4. The normalized spacial score (nSPS) is 46.0. The van der Waals surface area contributed by atoms with Gasteiger partial charge in [-0.05, 0) is 19.3 Å². The van der Waals surface area contributed by atoms with Gasteiger partial charge in [-0.15, -0.1) is 0 Å². The van der Waals surface area contributed by atoms with Crippen LogP contribution in [-0.2, 0) is 29.3 Å². The van der Waals surface area contributed by atoms with Gasteiger partial charge in [0.25, 0.3) is 0 Å². The lowest BCUT2D eigenvalue weighted by Gasteiger charge is -2.47. The van der Waals surface area contributed by atoms with Gasteiger partial charge >= 0.3 is 10.4 Å². The maximum atomic E-state index is 11.0. The fraction of sp³-hybridized carbons (Fsp3) is 1.00. The van der Waals surface area contributed by atoms with Crippen molar-refractivity contribution in [1.29, 1.82) is 0 Å². The fourth-order valence-electron chi connectivity index (χ4n) is 4.36. The lowest BCUT2D eigenvalue weighted by Crippen LogP contribution is -2.68. The fourth-order valence-corrected chi connectivity index (χ4v) is 4.36. The van der Waals surface area contributed by atoms with Gasteiger partial charge in [-0.2, -0.15) is 8.42 Å². The van der Waals surface area contributed by atoms with E-state index in [1.807, 2.05) is 0 Å². The number of aliphatic hydroxyl groups excluding tert-OH is 4. The van der Waals surface area contributed by atoms with E-state index < -0.39 is 90.4 Å². The van der Waals surface area contributed by atoms with Crippen molar-refractivity contribution in [2.24, 2.45) is 28.7 Å². The van der Waals surface area contributed by atoms with Gasteiger partial charge in [0.05, 0.1) is 24.8 Å². The second-order valence-electron chi connectivity index (χ2n) is 9.09. The number of hydrogen-bond donors (Lipinski definition) is 11. The third kappa shape index (κ3) is 8.43. The zero-order chi connectivity index (χ0) is 27.4. The molecule has 16 N–H and O–H groups in total. The van der Waals surface area contributed by atoms with Gasteiger partial charge in [-0.25, -0.2) is 0 Å². The van der Waals surface area contributed by atoms with Crippen LogP contribution in [0.3, 0.4) is 0 Å². The second kappa shape index (κ2) is 13.4. The summed E-state index contributed by atoms with van der Waals surface area (Å²) in [6.45, 7) is -0.214. The van der Waals surface area contributed by atoms with Crippen LogP contribution in [0.2, 0.25) is 0 Å². The smallest absolute Gasteiger partial charge is 0.394 e. The summed E-state index contributed by atoms with van der Waals surface area (Å²) in [5.74, 6) is 0. The minimum atomic E-state index is -4.67. The molecular formula is C18H39N5O12S. The highest BCUT2D eigenvalue weighted by Gasteiger charge is 2.49. The monoisotopic (exact) mass is 549 g/mol. The zero-order valence-electron chi connectivity index (χ0n) is 19.5. The second-order valence-corrected chi connectivity index (χ2v) is 9.99. The summed E-state index contributed by atoms with van der Waals surface area (Å²) in [5.41, 5.74) is 30.0. The Morgan fingerprint density at radius 1 is 0.806 bits per heavy atom. The highest BCUT2D eigenvalue weighted by Crippen LogP contribution is 2.30. The molecule has 0 bridgehead atoms. The van der Waals surface area contributed by atoms with E-state index in [4.69, 9.17) is 65.1 Å². The number of rotatable bonds is 6. The molecule has 1 saturated carbocycles. The Morgan fingerprint density at radius 3 is 1.83 bits per heavy atom. The van der Waals surface area contributed by atoms with Crippen LogP contribution >= 0.6 is 0 Å². The molecule has 3 rings (SSSR count). The Hall–Kier alpha value is -0.650. The maximum Gasteiger partial charge on any atom is 0.394 e.